The van der Waals surface area contributed by atoms with Gasteiger partial charge in [-0.1, -0.05) is 0 Å². The molecule has 2 rings (SSSR count). The van der Waals surface area contributed by atoms with Crippen molar-refractivity contribution in [3.05, 3.63) is 0 Å². The molecule has 2 aliphatic heterocycles. The average Bonchev–Trinajstić information content (AvgIpc) is 2.43. The third-order valence-corrected chi connectivity index (χ3v) is 4.54. The van der Waals surface area contributed by atoms with E-state index in [4.69, 9.17) is 0 Å². The molecule has 0 radical (unpaired) electrons. The predicted molar refractivity (Wildman–Crippen MR) is 88.4 cm³/mol. The van der Waals surface area contributed by atoms with Gasteiger partial charge >= 0.3 is 6.18 Å². The van der Waals surface area contributed by atoms with Crippen molar-refractivity contribution >= 4 is 30.7 Å². The van der Waals surface area contributed by atoms with Gasteiger partial charge in [0.15, 0.2) is 0 Å². The van der Waals surface area contributed by atoms with Crippen LogP contribution >= 0.6 is 24.8 Å². The van der Waals surface area contributed by atoms with E-state index in [0.717, 1.165) is 19.4 Å². The topological polar surface area (TPSA) is 35.6 Å². The highest BCUT2D eigenvalue weighted by molar-refractivity contribution is 5.85. The third-order valence-electron chi connectivity index (χ3n) is 4.54. The second-order valence-electron chi connectivity index (χ2n) is 6.01. The fraction of sp³-hybridized carbons (Fsp3) is 0.929. The first-order chi connectivity index (χ1) is 9.90. The Labute approximate surface area is 148 Å². The van der Waals surface area contributed by atoms with E-state index in [1.54, 1.807) is 0 Å². The normalized spacial score (nSPS) is 25.4. The summed E-state index contributed by atoms with van der Waals surface area (Å²) in [5.41, 5.74) is 0. The van der Waals surface area contributed by atoms with Gasteiger partial charge in [-0.25, -0.2) is 0 Å². The van der Waals surface area contributed by atoms with Gasteiger partial charge in [0.05, 0.1) is 6.42 Å². The Morgan fingerprint density at radius 1 is 1.22 bits per heavy atom. The number of amides is 1. The van der Waals surface area contributed by atoms with E-state index in [2.05, 4.69) is 5.32 Å². The molecular weight excluding hydrogens is 354 g/mol. The minimum Gasteiger partial charge on any atom is -0.338 e. The zero-order valence-electron chi connectivity index (χ0n) is 13.3. The van der Waals surface area contributed by atoms with E-state index in [1.807, 2.05) is 16.8 Å². The van der Waals surface area contributed by atoms with Crippen LogP contribution in [0.4, 0.5) is 13.2 Å². The van der Waals surface area contributed by atoms with Crippen molar-refractivity contribution in [2.75, 3.05) is 39.8 Å². The van der Waals surface area contributed by atoms with Crippen LogP contribution in [-0.2, 0) is 4.79 Å². The molecule has 2 saturated heterocycles. The first-order valence-corrected chi connectivity index (χ1v) is 7.64. The van der Waals surface area contributed by atoms with Gasteiger partial charge in [-0.3, -0.25) is 4.79 Å². The van der Waals surface area contributed by atoms with E-state index in [0.29, 0.717) is 32.0 Å². The SMILES string of the molecule is CNCCN1C(=O)CC[C@H]2CN(CCC(F)(F)F)CC[C@H]21.Cl.Cl. The van der Waals surface area contributed by atoms with Gasteiger partial charge in [-0.15, -0.1) is 24.8 Å². The number of likely N-dealkylation sites (N-methyl/N-ethyl adjacent to an activating group) is 1. The van der Waals surface area contributed by atoms with Crippen LogP contribution < -0.4 is 5.32 Å². The van der Waals surface area contributed by atoms with Crippen molar-refractivity contribution in [2.24, 2.45) is 5.92 Å². The standard InChI is InChI=1S/C14H24F3N3O.2ClH/c1-18-6-9-20-12-4-7-19(8-5-14(15,16)17)10-11(12)2-3-13(20)21;;/h11-12,18H,2-10H2,1H3;2*1H/t11-,12+;;/m0../s1. The Kier molecular flexibility index (Phi) is 9.81. The number of hydrogen-bond donors (Lipinski definition) is 1. The molecule has 0 aromatic carbocycles. The van der Waals surface area contributed by atoms with E-state index in [9.17, 15) is 18.0 Å². The van der Waals surface area contributed by atoms with Crippen LogP contribution in [0.3, 0.4) is 0 Å². The molecule has 1 N–H and O–H groups in total. The van der Waals surface area contributed by atoms with Crippen molar-refractivity contribution in [1.29, 1.82) is 0 Å². The summed E-state index contributed by atoms with van der Waals surface area (Å²) in [6.07, 6.45) is -2.71. The van der Waals surface area contributed by atoms with Crippen molar-refractivity contribution in [2.45, 2.75) is 37.9 Å². The number of carbonyl (C=O) groups excluding carboxylic acids is 1. The highest BCUT2D eigenvalue weighted by Gasteiger charge is 2.39. The highest BCUT2D eigenvalue weighted by atomic mass is 35.5. The second kappa shape index (κ2) is 9.91. The van der Waals surface area contributed by atoms with Crippen molar-refractivity contribution in [1.82, 2.24) is 15.1 Å². The Morgan fingerprint density at radius 2 is 1.91 bits per heavy atom. The summed E-state index contributed by atoms with van der Waals surface area (Å²) in [7, 11) is 1.85. The lowest BCUT2D eigenvalue weighted by Gasteiger charge is -2.47. The Bertz CT molecular complexity index is 372. The second-order valence-corrected chi connectivity index (χ2v) is 6.01. The van der Waals surface area contributed by atoms with E-state index in [-0.39, 0.29) is 43.3 Å². The predicted octanol–water partition coefficient (Wildman–Crippen LogP) is 2.31. The Morgan fingerprint density at radius 3 is 2.52 bits per heavy atom. The smallest absolute Gasteiger partial charge is 0.338 e. The Hall–Kier alpha value is -0.240. The molecule has 1 amide bonds. The largest absolute Gasteiger partial charge is 0.390 e. The maximum atomic E-state index is 12.3. The van der Waals surface area contributed by atoms with Gasteiger partial charge in [-0.2, -0.15) is 13.2 Å². The minimum absolute atomic E-state index is 0. The van der Waals surface area contributed by atoms with E-state index in [1.165, 1.54) is 0 Å². The molecule has 0 aromatic rings. The number of rotatable bonds is 5. The molecule has 0 unspecified atom stereocenters. The van der Waals surface area contributed by atoms with Crippen LogP contribution in [0.5, 0.6) is 0 Å². The maximum Gasteiger partial charge on any atom is 0.390 e. The maximum absolute atomic E-state index is 12.3. The van der Waals surface area contributed by atoms with E-state index < -0.39 is 12.6 Å². The summed E-state index contributed by atoms with van der Waals surface area (Å²) >= 11 is 0. The van der Waals surface area contributed by atoms with Crippen LogP contribution in [0.15, 0.2) is 0 Å². The molecule has 0 spiro atoms. The molecule has 23 heavy (non-hydrogen) atoms. The summed E-state index contributed by atoms with van der Waals surface area (Å²) in [6.45, 7) is 2.87. The molecule has 0 bridgehead atoms. The van der Waals surface area contributed by atoms with Crippen LogP contribution in [0.2, 0.25) is 0 Å². The molecule has 2 atom stereocenters. The number of fused-ring (bicyclic) bond motifs is 1. The fourth-order valence-electron chi connectivity index (χ4n) is 3.44. The summed E-state index contributed by atoms with van der Waals surface area (Å²) in [5, 5.41) is 3.05. The van der Waals surface area contributed by atoms with Gasteiger partial charge in [0.1, 0.15) is 0 Å². The Balaban J connectivity index is 0.00000242. The quantitative estimate of drug-likeness (QED) is 0.795. The molecule has 4 nitrogen and oxygen atoms in total. The lowest BCUT2D eigenvalue weighted by Crippen LogP contribution is -2.57. The van der Waals surface area contributed by atoms with Crippen molar-refractivity contribution in [3.8, 4) is 0 Å². The van der Waals surface area contributed by atoms with Gasteiger partial charge < -0.3 is 15.1 Å². The number of nitrogens with zero attached hydrogens (tertiary/aromatic N) is 2. The molecular formula is C14H26Cl2F3N3O. The highest BCUT2D eigenvalue weighted by Crippen LogP contribution is 2.31. The average molecular weight is 380 g/mol. The summed E-state index contributed by atoms with van der Waals surface area (Å²) in [5.74, 6) is 0.511. The molecule has 0 aromatic heterocycles. The first-order valence-electron chi connectivity index (χ1n) is 7.64. The fourth-order valence-corrected chi connectivity index (χ4v) is 3.44. The number of likely N-dealkylation sites (tertiary alicyclic amines) is 2. The van der Waals surface area contributed by atoms with Crippen LogP contribution in [0, 0.1) is 5.92 Å². The lowest BCUT2D eigenvalue weighted by molar-refractivity contribution is -0.144. The molecule has 2 aliphatic rings. The van der Waals surface area contributed by atoms with Crippen molar-refractivity contribution in [3.63, 3.8) is 0 Å². The lowest BCUT2D eigenvalue weighted by atomic mass is 9.83. The monoisotopic (exact) mass is 379 g/mol. The van der Waals surface area contributed by atoms with E-state index >= 15 is 0 Å². The zero-order chi connectivity index (χ0) is 15.5. The van der Waals surface area contributed by atoms with Crippen LogP contribution in [0.1, 0.15) is 25.7 Å². The van der Waals surface area contributed by atoms with Gasteiger partial charge in [0.25, 0.3) is 0 Å². The number of carbonyl (C=O) groups is 1. The molecule has 2 heterocycles. The van der Waals surface area contributed by atoms with Crippen molar-refractivity contribution < 1.29 is 18.0 Å². The zero-order valence-corrected chi connectivity index (χ0v) is 14.9. The van der Waals surface area contributed by atoms with Gasteiger partial charge in [-0.05, 0) is 25.8 Å². The van der Waals surface area contributed by atoms with Crippen LogP contribution in [0.25, 0.3) is 0 Å². The minimum atomic E-state index is -4.09. The molecule has 138 valence electrons. The van der Waals surface area contributed by atoms with Crippen LogP contribution in [-0.4, -0.2) is 67.7 Å². The number of halogens is 5. The number of nitrogens with one attached hydrogen (secondary N) is 1. The first kappa shape index (κ1) is 22.8. The molecule has 9 heteroatoms. The molecule has 0 saturated carbocycles. The molecule has 0 aliphatic carbocycles. The third kappa shape index (κ3) is 6.64. The number of piperidine rings is 2. The number of hydrogen-bond acceptors (Lipinski definition) is 3. The van der Waals surface area contributed by atoms with Gasteiger partial charge in [0.2, 0.25) is 5.91 Å². The van der Waals surface area contributed by atoms with Gasteiger partial charge in [0, 0.05) is 45.2 Å². The summed E-state index contributed by atoms with van der Waals surface area (Å²) in [6, 6.07) is 0.210. The summed E-state index contributed by atoms with van der Waals surface area (Å²) < 4.78 is 36.9. The summed E-state index contributed by atoms with van der Waals surface area (Å²) in [4.78, 5) is 15.9. The molecule has 2 fully saturated rings. The number of alkyl halides is 3.